The Hall–Kier alpha value is -1.03. The third-order valence-electron chi connectivity index (χ3n) is 2.34. The maximum Gasteiger partial charge on any atom is 0.175 e. The van der Waals surface area contributed by atoms with Gasteiger partial charge >= 0.3 is 0 Å². The van der Waals surface area contributed by atoms with Gasteiger partial charge in [-0.1, -0.05) is 19.9 Å². The summed E-state index contributed by atoms with van der Waals surface area (Å²) in [5, 5.41) is 3.26. The van der Waals surface area contributed by atoms with Crippen LogP contribution in [0.4, 0.5) is 5.69 Å². The molecular formula is C12H19NO2S. The smallest absolute Gasteiger partial charge is 0.175 e. The van der Waals surface area contributed by atoms with E-state index in [1.165, 1.54) is 6.26 Å². The van der Waals surface area contributed by atoms with Crippen LogP contribution >= 0.6 is 0 Å². The molecule has 0 amide bonds. The summed E-state index contributed by atoms with van der Waals surface area (Å²) in [6, 6.07) is 5.18. The van der Waals surface area contributed by atoms with Crippen molar-refractivity contribution in [2.24, 2.45) is 5.92 Å². The van der Waals surface area contributed by atoms with Crippen molar-refractivity contribution in [1.82, 2.24) is 0 Å². The quantitative estimate of drug-likeness (QED) is 0.880. The summed E-state index contributed by atoms with van der Waals surface area (Å²) in [4.78, 5) is 0.365. The zero-order valence-electron chi connectivity index (χ0n) is 10.2. The Labute approximate surface area is 97.8 Å². The van der Waals surface area contributed by atoms with E-state index >= 15 is 0 Å². The Morgan fingerprint density at radius 3 is 2.44 bits per heavy atom. The molecule has 1 N–H and O–H groups in total. The van der Waals surface area contributed by atoms with Crippen molar-refractivity contribution in [3.63, 3.8) is 0 Å². The molecule has 0 spiro atoms. The molecule has 0 bridgehead atoms. The van der Waals surface area contributed by atoms with Crippen LogP contribution < -0.4 is 5.32 Å². The normalized spacial score (nSPS) is 11.8. The van der Waals surface area contributed by atoms with Crippen molar-refractivity contribution < 1.29 is 8.42 Å². The molecule has 16 heavy (non-hydrogen) atoms. The van der Waals surface area contributed by atoms with E-state index in [-0.39, 0.29) is 0 Å². The highest BCUT2D eigenvalue weighted by Gasteiger charge is 2.09. The Balaban J connectivity index is 3.00. The van der Waals surface area contributed by atoms with Crippen LogP contribution in [-0.2, 0) is 9.84 Å². The maximum absolute atomic E-state index is 11.4. The van der Waals surface area contributed by atoms with Crippen molar-refractivity contribution in [3.8, 4) is 0 Å². The van der Waals surface area contributed by atoms with Gasteiger partial charge < -0.3 is 5.32 Å². The summed E-state index contributed by atoms with van der Waals surface area (Å²) in [7, 11) is -3.12. The van der Waals surface area contributed by atoms with Crippen molar-refractivity contribution >= 4 is 15.5 Å². The first-order chi connectivity index (χ1) is 7.30. The van der Waals surface area contributed by atoms with Crippen molar-refractivity contribution in [3.05, 3.63) is 23.8 Å². The third-order valence-corrected chi connectivity index (χ3v) is 3.45. The summed E-state index contributed by atoms with van der Waals surface area (Å²) in [5.41, 5.74) is 1.96. The Morgan fingerprint density at radius 2 is 1.94 bits per heavy atom. The van der Waals surface area contributed by atoms with Gasteiger partial charge in [-0.15, -0.1) is 0 Å². The molecule has 1 rings (SSSR count). The number of anilines is 1. The van der Waals surface area contributed by atoms with Gasteiger partial charge in [-0.2, -0.15) is 0 Å². The second-order valence-electron chi connectivity index (χ2n) is 4.52. The van der Waals surface area contributed by atoms with E-state index in [9.17, 15) is 8.42 Å². The summed E-state index contributed by atoms with van der Waals surface area (Å²) in [5.74, 6) is 0.529. The third kappa shape index (κ3) is 3.52. The number of hydrogen-bond donors (Lipinski definition) is 1. The zero-order chi connectivity index (χ0) is 12.3. The predicted molar refractivity (Wildman–Crippen MR) is 67.6 cm³/mol. The Kier molecular flexibility index (Phi) is 3.97. The fourth-order valence-corrected chi connectivity index (χ4v) is 1.98. The van der Waals surface area contributed by atoms with Gasteiger partial charge in [0, 0.05) is 18.5 Å². The molecule has 0 fully saturated rings. The Bertz CT molecular complexity index is 464. The van der Waals surface area contributed by atoms with Gasteiger partial charge in [0.2, 0.25) is 0 Å². The van der Waals surface area contributed by atoms with Crippen LogP contribution in [0.1, 0.15) is 19.4 Å². The largest absolute Gasteiger partial charge is 0.385 e. The van der Waals surface area contributed by atoms with Crippen LogP contribution in [0.15, 0.2) is 23.1 Å². The van der Waals surface area contributed by atoms with Crippen LogP contribution in [-0.4, -0.2) is 21.2 Å². The van der Waals surface area contributed by atoms with Gasteiger partial charge in [0.1, 0.15) is 0 Å². The number of rotatable bonds is 4. The van der Waals surface area contributed by atoms with Crippen LogP contribution in [0.25, 0.3) is 0 Å². The molecule has 0 atom stereocenters. The standard InChI is InChI=1S/C12H19NO2S/c1-9(2)8-13-12-7-11(16(4,14)15)6-5-10(12)3/h5-7,9,13H,8H2,1-4H3. The first kappa shape index (κ1) is 13.0. The van der Waals surface area contributed by atoms with E-state index in [1.54, 1.807) is 12.1 Å². The first-order valence-corrected chi connectivity index (χ1v) is 7.24. The molecule has 0 heterocycles. The van der Waals surface area contributed by atoms with Crippen molar-refractivity contribution in [1.29, 1.82) is 0 Å². The lowest BCUT2D eigenvalue weighted by atomic mass is 10.1. The lowest BCUT2D eigenvalue weighted by Crippen LogP contribution is -2.09. The average molecular weight is 241 g/mol. The topological polar surface area (TPSA) is 46.2 Å². The van der Waals surface area contributed by atoms with E-state index in [1.807, 2.05) is 13.0 Å². The summed E-state index contributed by atoms with van der Waals surface area (Å²) >= 11 is 0. The molecule has 90 valence electrons. The molecule has 0 aliphatic carbocycles. The van der Waals surface area contributed by atoms with E-state index in [2.05, 4.69) is 19.2 Å². The zero-order valence-corrected chi connectivity index (χ0v) is 11.1. The number of benzene rings is 1. The lowest BCUT2D eigenvalue weighted by molar-refractivity contribution is 0.602. The second-order valence-corrected chi connectivity index (χ2v) is 6.54. The molecule has 0 unspecified atom stereocenters. The average Bonchev–Trinajstić information content (AvgIpc) is 2.14. The van der Waals surface area contributed by atoms with Crippen LogP contribution in [0.5, 0.6) is 0 Å². The summed E-state index contributed by atoms with van der Waals surface area (Å²) in [6.07, 6.45) is 1.23. The molecule has 0 aliphatic rings. The van der Waals surface area contributed by atoms with Crippen molar-refractivity contribution in [2.45, 2.75) is 25.7 Å². The monoisotopic (exact) mass is 241 g/mol. The highest BCUT2D eigenvalue weighted by atomic mass is 32.2. The van der Waals surface area contributed by atoms with Crippen LogP contribution in [0.3, 0.4) is 0 Å². The van der Waals surface area contributed by atoms with Crippen LogP contribution in [0, 0.1) is 12.8 Å². The molecule has 0 saturated heterocycles. The predicted octanol–water partition coefficient (Wildman–Crippen LogP) is 2.47. The van der Waals surface area contributed by atoms with Gasteiger partial charge in [0.15, 0.2) is 9.84 Å². The van der Waals surface area contributed by atoms with Crippen molar-refractivity contribution in [2.75, 3.05) is 18.1 Å². The minimum absolute atomic E-state index is 0.365. The van der Waals surface area contributed by atoms with Gasteiger partial charge in [-0.3, -0.25) is 0 Å². The molecule has 0 saturated carbocycles. The highest BCUT2D eigenvalue weighted by molar-refractivity contribution is 7.90. The molecule has 0 aliphatic heterocycles. The molecule has 4 heteroatoms. The minimum Gasteiger partial charge on any atom is -0.385 e. The van der Waals surface area contributed by atoms with Gasteiger partial charge in [0.05, 0.1) is 4.90 Å². The number of hydrogen-bond acceptors (Lipinski definition) is 3. The van der Waals surface area contributed by atoms with Gasteiger partial charge in [-0.05, 0) is 30.5 Å². The van der Waals surface area contributed by atoms with Crippen LogP contribution in [0.2, 0.25) is 0 Å². The second kappa shape index (κ2) is 4.87. The molecule has 0 aromatic heterocycles. The molecule has 0 radical (unpaired) electrons. The summed E-state index contributed by atoms with van der Waals surface area (Å²) < 4.78 is 22.8. The fourth-order valence-electron chi connectivity index (χ4n) is 1.34. The minimum atomic E-state index is -3.12. The SMILES string of the molecule is Cc1ccc(S(C)(=O)=O)cc1NCC(C)C. The van der Waals surface area contributed by atoms with Gasteiger partial charge in [0.25, 0.3) is 0 Å². The van der Waals surface area contributed by atoms with E-state index in [0.717, 1.165) is 17.8 Å². The highest BCUT2D eigenvalue weighted by Crippen LogP contribution is 2.20. The van der Waals surface area contributed by atoms with Gasteiger partial charge in [-0.25, -0.2) is 8.42 Å². The first-order valence-electron chi connectivity index (χ1n) is 5.35. The molecule has 1 aromatic carbocycles. The molecule has 1 aromatic rings. The Morgan fingerprint density at radius 1 is 1.31 bits per heavy atom. The number of aryl methyl sites for hydroxylation is 1. The lowest BCUT2D eigenvalue weighted by Gasteiger charge is -2.12. The number of sulfone groups is 1. The fraction of sp³-hybridized carbons (Fsp3) is 0.500. The molecular weight excluding hydrogens is 222 g/mol. The maximum atomic E-state index is 11.4. The summed E-state index contributed by atoms with van der Waals surface area (Å²) in [6.45, 7) is 7.04. The van der Waals surface area contributed by atoms with E-state index < -0.39 is 9.84 Å². The number of nitrogens with one attached hydrogen (secondary N) is 1. The van der Waals surface area contributed by atoms with E-state index in [0.29, 0.717) is 10.8 Å². The molecule has 3 nitrogen and oxygen atoms in total. The van der Waals surface area contributed by atoms with E-state index in [4.69, 9.17) is 0 Å².